The van der Waals surface area contributed by atoms with Crippen molar-refractivity contribution in [1.82, 2.24) is 10.0 Å². The van der Waals surface area contributed by atoms with Crippen LogP contribution in [0.2, 0.25) is 0 Å². The second-order valence-corrected chi connectivity index (χ2v) is 8.02. The molecule has 27 heavy (non-hydrogen) atoms. The van der Waals surface area contributed by atoms with Gasteiger partial charge >= 0.3 is 0 Å². The maximum absolute atomic E-state index is 16.1. The maximum Gasteiger partial charge on any atom is 0.243 e. The lowest BCUT2D eigenvalue weighted by atomic mass is 9.87. The summed E-state index contributed by atoms with van der Waals surface area (Å²) in [5, 5.41) is 2.95. The van der Waals surface area contributed by atoms with Gasteiger partial charge in [-0.15, -0.1) is 0 Å². The number of benzene rings is 2. The molecular formula is C20H20F2N2O2S. The van der Waals surface area contributed by atoms with E-state index in [0.717, 1.165) is 29.8 Å². The molecule has 1 atom stereocenters. The lowest BCUT2D eigenvalue weighted by Gasteiger charge is -2.32. The number of rotatable bonds is 6. The molecule has 7 heteroatoms. The molecule has 3 rings (SSSR count). The highest BCUT2D eigenvalue weighted by atomic mass is 32.2. The lowest BCUT2D eigenvalue weighted by molar-refractivity contribution is 0.221. The van der Waals surface area contributed by atoms with Crippen molar-refractivity contribution < 1.29 is 17.2 Å². The molecule has 0 saturated heterocycles. The van der Waals surface area contributed by atoms with Crippen LogP contribution in [0.15, 0.2) is 77.2 Å². The van der Waals surface area contributed by atoms with Gasteiger partial charge < -0.3 is 5.32 Å². The summed E-state index contributed by atoms with van der Waals surface area (Å²) in [6, 6.07) is 13.1. The van der Waals surface area contributed by atoms with Crippen LogP contribution < -0.4 is 10.0 Å². The summed E-state index contributed by atoms with van der Waals surface area (Å²) < 4.78 is 56.8. The summed E-state index contributed by atoms with van der Waals surface area (Å²) in [7, 11) is -2.46. The predicted molar refractivity (Wildman–Crippen MR) is 102 cm³/mol. The number of allylic oxidation sites excluding steroid dienone is 2. The molecule has 2 N–H and O–H groups in total. The molecule has 2 aromatic rings. The summed E-state index contributed by atoms with van der Waals surface area (Å²) in [6.45, 7) is 0.433. The van der Waals surface area contributed by atoms with Crippen LogP contribution in [-0.2, 0) is 10.0 Å². The zero-order valence-electron chi connectivity index (χ0n) is 14.7. The van der Waals surface area contributed by atoms with Gasteiger partial charge in [0.1, 0.15) is 5.82 Å². The third-order valence-electron chi connectivity index (χ3n) is 4.29. The Labute approximate surface area is 157 Å². The molecule has 0 spiro atoms. The molecule has 0 fully saturated rings. The lowest BCUT2D eigenvalue weighted by Crippen LogP contribution is -2.47. The third kappa shape index (κ3) is 4.32. The molecule has 0 aromatic heterocycles. The molecule has 0 heterocycles. The van der Waals surface area contributed by atoms with Crippen LogP contribution in [-0.4, -0.2) is 27.8 Å². The largest absolute Gasteiger partial charge is 0.316 e. The van der Waals surface area contributed by atoms with Crippen molar-refractivity contribution in [3.05, 3.63) is 83.7 Å². The van der Waals surface area contributed by atoms with E-state index in [9.17, 15) is 12.8 Å². The van der Waals surface area contributed by atoms with Gasteiger partial charge in [0.05, 0.1) is 4.90 Å². The molecule has 4 nitrogen and oxygen atoms in total. The first kappa shape index (κ1) is 19.4. The van der Waals surface area contributed by atoms with E-state index in [4.69, 9.17) is 0 Å². The first-order chi connectivity index (χ1) is 12.8. The van der Waals surface area contributed by atoms with Crippen LogP contribution in [0.4, 0.5) is 8.78 Å². The van der Waals surface area contributed by atoms with Gasteiger partial charge in [0.2, 0.25) is 15.8 Å². The quantitative estimate of drug-likeness (QED) is 0.744. The van der Waals surface area contributed by atoms with E-state index >= 15 is 4.39 Å². The van der Waals surface area contributed by atoms with E-state index in [2.05, 4.69) is 10.0 Å². The minimum atomic E-state index is -4.19. The number of alkyl halides is 1. The van der Waals surface area contributed by atoms with Crippen molar-refractivity contribution in [2.75, 3.05) is 13.6 Å². The third-order valence-corrected chi connectivity index (χ3v) is 5.78. The van der Waals surface area contributed by atoms with Crippen LogP contribution in [0.25, 0.3) is 5.57 Å². The number of halogens is 2. The first-order valence-electron chi connectivity index (χ1n) is 8.43. The Morgan fingerprint density at radius 3 is 2.33 bits per heavy atom. The number of nitrogens with one attached hydrogen (secondary N) is 2. The highest BCUT2D eigenvalue weighted by Gasteiger charge is 2.41. The molecular weight excluding hydrogens is 370 g/mol. The van der Waals surface area contributed by atoms with Crippen molar-refractivity contribution in [2.24, 2.45) is 0 Å². The minimum absolute atomic E-state index is 0.130. The summed E-state index contributed by atoms with van der Waals surface area (Å²) >= 11 is 0. The van der Waals surface area contributed by atoms with Gasteiger partial charge in [-0.3, -0.25) is 0 Å². The number of hydrogen-bond acceptors (Lipinski definition) is 3. The molecule has 2 aromatic carbocycles. The van der Waals surface area contributed by atoms with E-state index in [1.54, 1.807) is 49.5 Å². The molecule has 0 bridgehead atoms. The molecule has 0 amide bonds. The fourth-order valence-corrected chi connectivity index (χ4v) is 4.29. The number of sulfonamides is 1. The van der Waals surface area contributed by atoms with E-state index in [1.165, 1.54) is 0 Å². The average Bonchev–Trinajstić information content (AvgIpc) is 2.62. The van der Waals surface area contributed by atoms with Gasteiger partial charge in [0.25, 0.3) is 0 Å². The normalized spacial score (nSPS) is 20.1. The maximum atomic E-state index is 16.1. The van der Waals surface area contributed by atoms with Gasteiger partial charge in [-0.2, -0.15) is 4.72 Å². The molecule has 1 aliphatic rings. The monoisotopic (exact) mass is 390 g/mol. The van der Waals surface area contributed by atoms with Crippen molar-refractivity contribution >= 4 is 15.6 Å². The predicted octanol–water partition coefficient (Wildman–Crippen LogP) is 3.40. The van der Waals surface area contributed by atoms with Crippen LogP contribution in [0.3, 0.4) is 0 Å². The average molecular weight is 390 g/mol. The van der Waals surface area contributed by atoms with E-state index in [-0.39, 0.29) is 16.9 Å². The standard InChI is InChI=1S/C20H20F2N2O2S/c1-23-14-15-7-12-19(16-5-3-2-4-6-16)20(22,13-15)24-27(25,26)18-10-8-17(21)9-11-18/h2-12,23-24H,13-14H2,1H3. The second kappa shape index (κ2) is 7.72. The molecule has 1 unspecified atom stereocenters. The zero-order chi connectivity index (χ0) is 19.5. The smallest absolute Gasteiger partial charge is 0.243 e. The summed E-state index contributed by atoms with van der Waals surface area (Å²) in [5.41, 5.74) is 1.54. The van der Waals surface area contributed by atoms with Gasteiger partial charge in [-0.25, -0.2) is 17.2 Å². The van der Waals surface area contributed by atoms with E-state index in [1.807, 2.05) is 0 Å². The van der Waals surface area contributed by atoms with Crippen LogP contribution in [0, 0.1) is 5.82 Å². The Bertz CT molecular complexity index is 971. The number of hydrogen-bond donors (Lipinski definition) is 2. The van der Waals surface area contributed by atoms with E-state index in [0.29, 0.717) is 12.1 Å². The van der Waals surface area contributed by atoms with Gasteiger partial charge in [0.15, 0.2) is 0 Å². The molecule has 142 valence electrons. The fourth-order valence-electron chi connectivity index (χ4n) is 3.07. The van der Waals surface area contributed by atoms with Crippen molar-refractivity contribution in [2.45, 2.75) is 17.1 Å². The van der Waals surface area contributed by atoms with Gasteiger partial charge in [-0.1, -0.05) is 48.1 Å². The summed E-state index contributed by atoms with van der Waals surface area (Å²) in [4.78, 5) is -0.196. The van der Waals surface area contributed by atoms with Crippen molar-refractivity contribution in [3.8, 4) is 0 Å². The second-order valence-electron chi connectivity index (χ2n) is 6.34. The Kier molecular flexibility index (Phi) is 5.55. The van der Waals surface area contributed by atoms with Crippen molar-refractivity contribution in [1.29, 1.82) is 0 Å². The zero-order valence-corrected chi connectivity index (χ0v) is 15.6. The summed E-state index contributed by atoms with van der Waals surface area (Å²) in [5.74, 6) is -2.89. The Morgan fingerprint density at radius 1 is 1.04 bits per heavy atom. The Balaban J connectivity index is 2.00. The summed E-state index contributed by atoms with van der Waals surface area (Å²) in [6.07, 6.45) is 3.26. The molecule has 0 radical (unpaired) electrons. The Hall–Kier alpha value is -2.35. The molecule has 0 aliphatic heterocycles. The van der Waals surface area contributed by atoms with Crippen molar-refractivity contribution in [3.63, 3.8) is 0 Å². The topological polar surface area (TPSA) is 58.2 Å². The molecule has 0 saturated carbocycles. The van der Waals surface area contributed by atoms with Gasteiger partial charge in [0, 0.05) is 18.5 Å². The highest BCUT2D eigenvalue weighted by Crippen LogP contribution is 2.38. The van der Waals surface area contributed by atoms with Gasteiger partial charge in [-0.05, 0) is 36.9 Å². The fraction of sp³-hybridized carbons (Fsp3) is 0.200. The van der Waals surface area contributed by atoms with Crippen LogP contribution >= 0.6 is 0 Å². The minimum Gasteiger partial charge on any atom is -0.316 e. The SMILES string of the molecule is CNCC1=CC=C(c2ccccc2)C(F)(NS(=O)(=O)c2ccc(F)cc2)C1. The van der Waals surface area contributed by atoms with Crippen LogP contribution in [0.1, 0.15) is 12.0 Å². The number of likely N-dealkylation sites (N-methyl/N-ethyl adjacent to an activating group) is 1. The highest BCUT2D eigenvalue weighted by molar-refractivity contribution is 7.89. The first-order valence-corrected chi connectivity index (χ1v) is 9.91. The Morgan fingerprint density at radius 2 is 1.70 bits per heavy atom. The van der Waals surface area contributed by atoms with Crippen LogP contribution in [0.5, 0.6) is 0 Å². The molecule has 1 aliphatic carbocycles. The van der Waals surface area contributed by atoms with E-state index < -0.39 is 21.6 Å².